The first-order valence-electron chi connectivity index (χ1n) is 8.66. The van der Waals surface area contributed by atoms with Gasteiger partial charge in [0.05, 0.1) is 16.7 Å². The van der Waals surface area contributed by atoms with E-state index in [0.29, 0.717) is 48.3 Å². The predicted octanol–water partition coefficient (Wildman–Crippen LogP) is 4.33. The highest BCUT2D eigenvalue weighted by Crippen LogP contribution is 2.33. The van der Waals surface area contributed by atoms with Crippen LogP contribution in [-0.4, -0.2) is 37.9 Å². The Morgan fingerprint density at radius 2 is 2.00 bits per heavy atom. The molecule has 5 nitrogen and oxygen atoms in total. The van der Waals surface area contributed by atoms with Crippen LogP contribution in [0.2, 0.25) is 10.0 Å². The minimum absolute atomic E-state index is 0.0285. The Balaban J connectivity index is 1.66. The van der Waals surface area contributed by atoms with Crippen LogP contribution in [0, 0.1) is 0 Å². The molecule has 0 saturated heterocycles. The summed E-state index contributed by atoms with van der Waals surface area (Å²) in [7, 11) is 1.62. The Kier molecular flexibility index (Phi) is 6.83. The van der Waals surface area contributed by atoms with Crippen LogP contribution < -0.4 is 9.47 Å². The van der Waals surface area contributed by atoms with Crippen molar-refractivity contribution >= 4 is 29.1 Å². The van der Waals surface area contributed by atoms with Gasteiger partial charge in [-0.1, -0.05) is 41.4 Å². The number of aryl methyl sites for hydroxylation is 1. The lowest BCUT2D eigenvalue weighted by Crippen LogP contribution is -2.33. The number of rotatable bonds is 8. The average Bonchev–Trinajstić information content (AvgIpc) is 3.13. The molecule has 0 saturated carbocycles. The fourth-order valence-corrected chi connectivity index (χ4v) is 3.31. The molecule has 0 spiro atoms. The Hall–Kier alpha value is -1.95. The van der Waals surface area contributed by atoms with Gasteiger partial charge in [-0.3, -0.25) is 4.79 Å². The standard InChI is InChI=1S/C20H21Cl2NO4/c1-25-10-9-23(12-14-5-7-17-18(11-14)27-13-26-17)19(24)8-6-15-3-2-4-16(21)20(15)22/h2-5,7,11H,6,8-10,12-13H2,1H3. The number of carbonyl (C=O) groups is 1. The number of nitrogens with zero attached hydrogens (tertiary/aromatic N) is 1. The summed E-state index contributed by atoms with van der Waals surface area (Å²) in [5.41, 5.74) is 1.84. The second-order valence-electron chi connectivity index (χ2n) is 6.21. The third-order valence-electron chi connectivity index (χ3n) is 4.37. The first-order valence-corrected chi connectivity index (χ1v) is 9.42. The fraction of sp³-hybridized carbons (Fsp3) is 0.350. The van der Waals surface area contributed by atoms with Crippen molar-refractivity contribution in [2.45, 2.75) is 19.4 Å². The largest absolute Gasteiger partial charge is 0.454 e. The van der Waals surface area contributed by atoms with E-state index in [1.54, 1.807) is 18.1 Å². The smallest absolute Gasteiger partial charge is 0.231 e. The number of halogens is 2. The molecule has 0 aliphatic carbocycles. The highest BCUT2D eigenvalue weighted by molar-refractivity contribution is 6.42. The second kappa shape index (κ2) is 9.31. The van der Waals surface area contributed by atoms with Crippen molar-refractivity contribution in [3.8, 4) is 11.5 Å². The predicted molar refractivity (Wildman–Crippen MR) is 105 cm³/mol. The summed E-state index contributed by atoms with van der Waals surface area (Å²) in [6.45, 7) is 1.68. The van der Waals surface area contributed by atoms with Gasteiger partial charge < -0.3 is 19.1 Å². The van der Waals surface area contributed by atoms with E-state index in [0.717, 1.165) is 16.9 Å². The number of hydrogen-bond donors (Lipinski definition) is 0. The zero-order valence-electron chi connectivity index (χ0n) is 15.0. The van der Waals surface area contributed by atoms with Crippen molar-refractivity contribution < 1.29 is 19.0 Å². The summed E-state index contributed by atoms with van der Waals surface area (Å²) in [5, 5.41) is 1.00. The van der Waals surface area contributed by atoms with Gasteiger partial charge in [0.25, 0.3) is 0 Å². The van der Waals surface area contributed by atoms with Gasteiger partial charge in [0.15, 0.2) is 11.5 Å². The Morgan fingerprint density at radius 3 is 2.81 bits per heavy atom. The SMILES string of the molecule is COCCN(Cc1ccc2c(c1)OCO2)C(=O)CCc1cccc(Cl)c1Cl. The normalized spacial score (nSPS) is 12.3. The molecule has 0 N–H and O–H groups in total. The molecule has 2 aromatic carbocycles. The average molecular weight is 410 g/mol. The van der Waals surface area contributed by atoms with Crippen molar-refractivity contribution in [2.24, 2.45) is 0 Å². The maximum atomic E-state index is 12.8. The molecule has 0 bridgehead atoms. The third-order valence-corrected chi connectivity index (χ3v) is 5.23. The molecule has 2 aromatic rings. The molecule has 0 atom stereocenters. The Labute approximate surface area is 168 Å². The first kappa shape index (κ1) is 19.8. The summed E-state index contributed by atoms with van der Waals surface area (Å²) >= 11 is 12.3. The van der Waals surface area contributed by atoms with E-state index in [2.05, 4.69) is 0 Å². The van der Waals surface area contributed by atoms with Crippen molar-refractivity contribution in [1.82, 2.24) is 4.90 Å². The highest BCUT2D eigenvalue weighted by Gasteiger charge is 2.18. The second-order valence-corrected chi connectivity index (χ2v) is 6.99. The Bertz CT molecular complexity index is 813. The van der Waals surface area contributed by atoms with Crippen LogP contribution in [0.1, 0.15) is 17.5 Å². The quantitative estimate of drug-likeness (QED) is 0.650. The van der Waals surface area contributed by atoms with Gasteiger partial charge in [0, 0.05) is 26.6 Å². The summed E-state index contributed by atoms with van der Waals surface area (Å²) in [6, 6.07) is 11.2. The van der Waals surface area contributed by atoms with Gasteiger partial charge in [-0.2, -0.15) is 0 Å². The summed E-state index contributed by atoms with van der Waals surface area (Å²) < 4.78 is 15.9. The van der Waals surface area contributed by atoms with E-state index in [9.17, 15) is 4.79 Å². The van der Waals surface area contributed by atoms with Crippen LogP contribution >= 0.6 is 23.2 Å². The van der Waals surface area contributed by atoms with Crippen LogP contribution in [-0.2, 0) is 22.5 Å². The first-order chi connectivity index (χ1) is 13.1. The lowest BCUT2D eigenvalue weighted by atomic mass is 10.1. The van der Waals surface area contributed by atoms with Crippen LogP contribution in [0.25, 0.3) is 0 Å². The van der Waals surface area contributed by atoms with Gasteiger partial charge >= 0.3 is 0 Å². The van der Waals surface area contributed by atoms with E-state index in [1.165, 1.54) is 0 Å². The molecule has 144 valence electrons. The number of fused-ring (bicyclic) bond motifs is 1. The van der Waals surface area contributed by atoms with E-state index in [-0.39, 0.29) is 12.7 Å². The minimum atomic E-state index is 0.0285. The van der Waals surface area contributed by atoms with E-state index in [4.69, 9.17) is 37.4 Å². The van der Waals surface area contributed by atoms with Crippen molar-refractivity contribution in [3.63, 3.8) is 0 Å². The van der Waals surface area contributed by atoms with Crippen molar-refractivity contribution in [2.75, 3.05) is 27.1 Å². The monoisotopic (exact) mass is 409 g/mol. The van der Waals surface area contributed by atoms with E-state index in [1.807, 2.05) is 30.3 Å². The molecule has 1 amide bonds. The van der Waals surface area contributed by atoms with Gasteiger partial charge in [0.2, 0.25) is 12.7 Å². The zero-order valence-corrected chi connectivity index (χ0v) is 16.6. The number of hydrogen-bond acceptors (Lipinski definition) is 4. The highest BCUT2D eigenvalue weighted by atomic mass is 35.5. The maximum absolute atomic E-state index is 12.8. The summed E-state index contributed by atoms with van der Waals surface area (Å²) in [5.74, 6) is 1.46. The Morgan fingerprint density at radius 1 is 1.19 bits per heavy atom. The number of amides is 1. The molecule has 0 aromatic heterocycles. The molecule has 0 fully saturated rings. The van der Waals surface area contributed by atoms with Crippen LogP contribution in [0.4, 0.5) is 0 Å². The topological polar surface area (TPSA) is 48.0 Å². The molecule has 0 unspecified atom stereocenters. The minimum Gasteiger partial charge on any atom is -0.454 e. The van der Waals surface area contributed by atoms with E-state index >= 15 is 0 Å². The van der Waals surface area contributed by atoms with Gasteiger partial charge in [-0.05, 0) is 35.7 Å². The molecule has 27 heavy (non-hydrogen) atoms. The number of carbonyl (C=O) groups excluding carboxylic acids is 1. The lowest BCUT2D eigenvalue weighted by molar-refractivity contribution is -0.132. The van der Waals surface area contributed by atoms with Gasteiger partial charge in [-0.15, -0.1) is 0 Å². The van der Waals surface area contributed by atoms with E-state index < -0.39 is 0 Å². The molecule has 1 aliphatic heterocycles. The molecular weight excluding hydrogens is 389 g/mol. The van der Waals surface area contributed by atoms with Crippen molar-refractivity contribution in [3.05, 3.63) is 57.6 Å². The van der Waals surface area contributed by atoms with Crippen LogP contribution in [0.3, 0.4) is 0 Å². The third kappa shape index (κ3) is 5.06. The molecule has 1 aliphatic rings. The molecule has 3 rings (SSSR count). The molecular formula is C20H21Cl2NO4. The molecule has 1 heterocycles. The number of benzene rings is 2. The van der Waals surface area contributed by atoms with Crippen LogP contribution in [0.15, 0.2) is 36.4 Å². The summed E-state index contributed by atoms with van der Waals surface area (Å²) in [6.07, 6.45) is 0.872. The molecule has 7 heteroatoms. The lowest BCUT2D eigenvalue weighted by Gasteiger charge is -2.23. The number of methoxy groups -OCH3 is 1. The molecule has 0 radical (unpaired) electrons. The number of ether oxygens (including phenoxy) is 3. The van der Waals surface area contributed by atoms with Crippen molar-refractivity contribution in [1.29, 1.82) is 0 Å². The van der Waals surface area contributed by atoms with Gasteiger partial charge in [0.1, 0.15) is 0 Å². The maximum Gasteiger partial charge on any atom is 0.231 e. The fourth-order valence-electron chi connectivity index (χ4n) is 2.89. The van der Waals surface area contributed by atoms with Gasteiger partial charge in [-0.25, -0.2) is 0 Å². The van der Waals surface area contributed by atoms with Crippen LogP contribution in [0.5, 0.6) is 11.5 Å². The zero-order chi connectivity index (χ0) is 19.2. The summed E-state index contributed by atoms with van der Waals surface area (Å²) in [4.78, 5) is 14.6.